The lowest BCUT2D eigenvalue weighted by Crippen LogP contribution is -2.28. The molecule has 0 N–H and O–H groups in total. The Morgan fingerprint density at radius 2 is 0.737 bits per heavy atom. The number of nitrogens with zero attached hydrogens (tertiary/aromatic N) is 8. The average Bonchev–Trinajstić information content (AvgIpc) is 1.48. The quantitative estimate of drug-likeness (QED) is 0.0169. The Bertz CT molecular complexity index is 6280. The van der Waals surface area contributed by atoms with Crippen molar-refractivity contribution in [1.29, 1.82) is 15.8 Å². The third kappa shape index (κ3) is 12.5. The number of carbonyl (C=O) groups is 2. The van der Waals surface area contributed by atoms with E-state index in [-0.39, 0.29) is 44.5 Å². The fraction of sp³-hybridized carbons (Fsp3) is 0.265. The maximum atomic E-state index is 15.4. The molecule has 14 aromatic rings. The lowest BCUT2D eigenvalue weighted by molar-refractivity contribution is 0.103. The van der Waals surface area contributed by atoms with Crippen LogP contribution in [-0.4, -0.2) is 29.1 Å². The molecule has 0 saturated carbocycles. The van der Waals surface area contributed by atoms with Crippen molar-refractivity contribution in [3.05, 3.63) is 289 Å². The first-order valence-corrected chi connectivity index (χ1v) is 45.4. The van der Waals surface area contributed by atoms with Gasteiger partial charge < -0.3 is 0 Å². The Morgan fingerprint density at radius 3 is 1.07 bits per heavy atom. The Balaban J connectivity index is 0.959. The number of aromatic nitrogens is 4. The van der Waals surface area contributed by atoms with E-state index in [1.807, 2.05) is 18.2 Å². The molecule has 4 aliphatic carbocycles. The van der Waals surface area contributed by atoms with Gasteiger partial charge in [-0.25, -0.2) is 27.7 Å². The van der Waals surface area contributed by atoms with Crippen molar-refractivity contribution in [2.24, 2.45) is 0 Å². The zero-order chi connectivity index (χ0) is 81.4. The largest absolute Gasteiger partial charge is 0.289 e. The molecule has 10 nitrogen and oxygen atoms in total. The molecule has 0 radical (unpaired) electrons. The van der Waals surface area contributed by atoms with E-state index in [0.29, 0.717) is 31.8 Å². The van der Waals surface area contributed by atoms with Crippen LogP contribution in [0.5, 0.6) is 0 Å². The van der Waals surface area contributed by atoms with Gasteiger partial charge in [0, 0.05) is 64.7 Å². The number of allylic oxidation sites excluding steroid dienone is 6. The van der Waals surface area contributed by atoms with Gasteiger partial charge in [0.1, 0.15) is 39.8 Å². The number of carbonyl (C=O) groups excluding carboxylic acids is 2. The summed E-state index contributed by atoms with van der Waals surface area (Å²) in [6.45, 7) is 17.1. The van der Waals surface area contributed by atoms with Gasteiger partial charge in [-0.15, -0.1) is 45.3 Å². The van der Waals surface area contributed by atoms with Crippen LogP contribution in [0.1, 0.15) is 239 Å². The van der Waals surface area contributed by atoms with E-state index in [9.17, 15) is 25.4 Å². The van der Waals surface area contributed by atoms with Gasteiger partial charge in [-0.1, -0.05) is 202 Å². The molecule has 18 rings (SSSR count). The number of hydrogen-bond donors (Lipinski definition) is 0. The summed E-state index contributed by atoms with van der Waals surface area (Å²) < 4.78 is 85.0. The fourth-order valence-electron chi connectivity index (χ4n) is 18.9. The van der Waals surface area contributed by atoms with Crippen LogP contribution in [0, 0.1) is 63.8 Å². The predicted molar refractivity (Wildman–Crippen MR) is 473 cm³/mol. The van der Waals surface area contributed by atoms with Crippen molar-refractivity contribution in [3.63, 3.8) is 0 Å². The number of thiophene rings is 4. The first-order valence-electron chi connectivity index (χ1n) is 40.7. The highest BCUT2D eigenvalue weighted by Gasteiger charge is 2.54. The Morgan fingerprint density at radius 1 is 0.407 bits per heavy atom. The summed E-state index contributed by atoms with van der Waals surface area (Å²) in [7, 11) is 0. The van der Waals surface area contributed by atoms with Crippen LogP contribution >= 0.6 is 68.8 Å². The second kappa shape index (κ2) is 32.0. The molecular weight excluding hydrogens is 1590 g/mol. The van der Waals surface area contributed by atoms with Gasteiger partial charge in [-0.2, -0.15) is 28.0 Å². The molecule has 0 unspecified atom stereocenters. The van der Waals surface area contributed by atoms with E-state index in [1.165, 1.54) is 44.9 Å². The molecule has 0 bridgehead atoms. The van der Waals surface area contributed by atoms with Gasteiger partial charge in [0.15, 0.2) is 34.8 Å². The smallest absolute Gasteiger partial charge is 0.270 e. The van der Waals surface area contributed by atoms with Crippen LogP contribution in [0.3, 0.4) is 0 Å². The molecule has 0 spiro atoms. The van der Waals surface area contributed by atoms with Crippen LogP contribution < -0.4 is 0 Å². The minimum absolute atomic E-state index is 0.0153. The number of halogens is 4. The molecule has 6 aromatic heterocycles. The average molecular weight is 1670 g/mol. The van der Waals surface area contributed by atoms with Gasteiger partial charge in [-0.05, 0) is 178 Å². The molecule has 0 amide bonds. The summed E-state index contributed by atoms with van der Waals surface area (Å²) in [6, 6.07) is 50.0. The Labute approximate surface area is 705 Å². The van der Waals surface area contributed by atoms with Gasteiger partial charge in [0.05, 0.1) is 75.8 Å². The molecule has 118 heavy (non-hydrogen) atoms. The van der Waals surface area contributed by atoms with Crippen LogP contribution in [0.2, 0.25) is 0 Å². The fourth-order valence-corrected chi connectivity index (χ4v) is 25.4. The zero-order valence-corrected chi connectivity index (χ0v) is 70.3. The summed E-state index contributed by atoms with van der Waals surface area (Å²) >= 11 is 8.53. The van der Waals surface area contributed by atoms with E-state index in [4.69, 9.17) is 24.1 Å². The summed E-state index contributed by atoms with van der Waals surface area (Å²) in [5, 5.41) is 35.3. The molecule has 0 saturated heterocycles. The molecule has 584 valence electrons. The number of ketones is 2. The lowest BCUT2D eigenvalue weighted by Gasteiger charge is -2.34. The number of aryl methyl sites for hydroxylation is 4. The van der Waals surface area contributed by atoms with E-state index < -0.39 is 56.9 Å². The number of nitriles is 3. The second-order valence-electron chi connectivity index (χ2n) is 31.3. The molecule has 0 atom stereocenters. The lowest BCUT2D eigenvalue weighted by atomic mass is 9.66. The molecule has 0 fully saturated rings. The number of hydrogen-bond acceptors (Lipinski definition) is 15. The SMILES string of the molecule is [C-]#[N+]/C(C#N)=C1/C(=C/c2cc3c(s2)-c2sc4c5nsnc5c5c6c7c(sc6c6nsnc6c5c4c2C3(c2ccc(CCCCCC)cc2)c2ccc(CCCCCC)cc2)-c2sc(/C=C3\C(=O)c4cc(F)c(F)cc4C3=C(C#N)C#N)cc2C7(c2ccc(CCCCCC)cc2)c2ccc(CCCCCC)cc2)C(=O)c2cc(F)c(F)cc21. The van der Waals surface area contributed by atoms with Crippen LogP contribution in [0.4, 0.5) is 17.6 Å². The van der Waals surface area contributed by atoms with Crippen molar-refractivity contribution >= 4 is 157 Å². The number of benzene rings is 8. The summed E-state index contributed by atoms with van der Waals surface area (Å²) in [5.74, 6) is -6.14. The Hall–Kier alpha value is -11.0. The third-order valence-corrected chi connectivity index (χ3v) is 30.4. The van der Waals surface area contributed by atoms with Gasteiger partial charge >= 0.3 is 0 Å². The summed E-state index contributed by atoms with van der Waals surface area (Å²) in [6.07, 6.45) is 24.4. The highest BCUT2D eigenvalue weighted by atomic mass is 32.1. The molecule has 6 heterocycles. The van der Waals surface area contributed by atoms with Gasteiger partial charge in [0.2, 0.25) is 0 Å². The van der Waals surface area contributed by atoms with Crippen molar-refractivity contribution in [2.75, 3.05) is 0 Å². The van der Waals surface area contributed by atoms with Crippen LogP contribution in [0.25, 0.3) is 101 Å². The molecule has 8 aromatic carbocycles. The molecule has 4 aliphatic rings. The number of fused-ring (bicyclic) bond motifs is 21. The van der Waals surface area contributed by atoms with Gasteiger partial charge in [0.25, 0.3) is 5.70 Å². The van der Waals surface area contributed by atoms with Crippen molar-refractivity contribution in [2.45, 2.75) is 167 Å². The Kier molecular flexibility index (Phi) is 21.2. The second-order valence-corrected chi connectivity index (χ2v) is 36.6. The first kappa shape index (κ1) is 78.2. The van der Waals surface area contributed by atoms with Crippen molar-refractivity contribution < 1.29 is 27.2 Å². The zero-order valence-electron chi connectivity index (χ0n) is 65.4. The monoisotopic (exact) mass is 1660 g/mol. The first-order chi connectivity index (χ1) is 57.7. The number of unbranched alkanes of at least 4 members (excludes halogenated alkanes) is 12. The predicted octanol–water partition coefficient (Wildman–Crippen LogP) is 27.7. The van der Waals surface area contributed by atoms with Crippen LogP contribution in [-0.2, 0) is 36.5 Å². The highest BCUT2D eigenvalue weighted by Crippen LogP contribution is 2.69. The minimum Gasteiger partial charge on any atom is -0.289 e. The standard InChI is InChI=1S/C98H76F4N8O2S6/c1-6-10-14-18-22-53-26-34-58(35-27-53)97(59-36-28-54(29-37-59)23-19-15-11-7-2)70-44-62(42-68-77(57(50-103)51-104)64-46-72(99)74(101)48-66(64)89(68)111)113-91(70)95-83(97)81-79-80(86-87(93(81)115-95)109-117-108-86)82-84-96(116-94(82)88-85(79)107-118-110-88)92-71(45-63(114-92)43-69-78(76(52-105)106-5)65-47-73(100)75(102)49-67(65)90(69)112)98(84,60-38-30-55(31-39-60)24-20-16-12-8-3)61-40-32-56(33-41-61)25-21-17-13-9-4/h26-49H,6-25H2,1-4H3/b68-42-,69-43-,78-76+. The summed E-state index contributed by atoms with van der Waals surface area (Å²) in [4.78, 5) is 38.4. The van der Waals surface area contributed by atoms with E-state index in [1.54, 1.807) is 34.8 Å². The molecule has 0 aliphatic heterocycles. The van der Waals surface area contributed by atoms with Crippen molar-refractivity contribution in [3.8, 4) is 37.7 Å². The molecular formula is C98H76F4N8O2S6. The number of rotatable bonds is 26. The van der Waals surface area contributed by atoms with E-state index in [2.05, 4.69) is 142 Å². The minimum atomic E-state index is -1.22. The third-order valence-electron chi connectivity index (χ3n) is 24.4. The van der Waals surface area contributed by atoms with Gasteiger partial charge in [-0.3, -0.25) is 9.59 Å². The maximum Gasteiger partial charge on any atom is 0.270 e. The highest BCUT2D eigenvalue weighted by molar-refractivity contribution is 7.29. The van der Waals surface area contributed by atoms with E-state index >= 15 is 17.6 Å². The normalized spacial score (nSPS) is 15.2. The summed E-state index contributed by atoms with van der Waals surface area (Å²) in [5.41, 5.74) is 11.8. The van der Waals surface area contributed by atoms with E-state index in [0.717, 1.165) is 271 Å². The molecule has 20 heteroatoms. The topological polar surface area (TPSA) is 161 Å². The maximum absolute atomic E-state index is 15.4. The van der Waals surface area contributed by atoms with Crippen LogP contribution in [0.15, 0.2) is 156 Å². The van der Waals surface area contributed by atoms with Crippen molar-refractivity contribution in [1.82, 2.24) is 17.5 Å². The number of Topliss-reactive ketones (excluding diaryl/α,β-unsaturated/α-hetero) is 2.